The molecule has 0 radical (unpaired) electrons. The largest absolute Gasteiger partial charge is 0.451 e. The number of furan rings is 1. The monoisotopic (exact) mass is 412 g/mol. The molecule has 0 atom stereocenters. The fourth-order valence-electron chi connectivity index (χ4n) is 4.93. The number of rotatable bonds is 1. The Balaban J connectivity index is 1.66. The average Bonchev–Trinajstić information content (AvgIpc) is 3.31. The van der Waals surface area contributed by atoms with Crippen molar-refractivity contribution in [3.05, 3.63) is 83.3 Å². The second-order valence-electron chi connectivity index (χ2n) is 8.51. The van der Waals surface area contributed by atoms with Gasteiger partial charge in [0.15, 0.2) is 11.3 Å². The molecule has 5 nitrogen and oxygen atoms in total. The predicted octanol–water partition coefficient (Wildman–Crippen LogP) is 6.09. The second-order valence-corrected chi connectivity index (χ2v) is 8.51. The molecule has 1 aliphatic carbocycles. The van der Waals surface area contributed by atoms with Crippen LogP contribution in [0.25, 0.3) is 44.3 Å². The van der Waals surface area contributed by atoms with Crippen LogP contribution in [0.2, 0.25) is 0 Å². The fourth-order valence-corrected chi connectivity index (χ4v) is 4.93. The van der Waals surface area contributed by atoms with Gasteiger partial charge < -0.3 is 4.42 Å². The van der Waals surface area contributed by atoms with Crippen LogP contribution in [0.5, 0.6) is 0 Å². The van der Waals surface area contributed by atoms with Crippen LogP contribution < -0.4 is 0 Å². The van der Waals surface area contributed by atoms with Crippen LogP contribution in [0, 0.1) is 22.7 Å². The number of hydrogen-bond acceptors (Lipinski definition) is 5. The molecule has 0 fully saturated rings. The summed E-state index contributed by atoms with van der Waals surface area (Å²) in [6.07, 6.45) is 0. The molecule has 0 bridgehead atoms. The summed E-state index contributed by atoms with van der Waals surface area (Å²) < 4.78 is 5.89. The topological polar surface area (TPSA) is 86.5 Å². The first-order valence-corrected chi connectivity index (χ1v) is 10.3. The molecule has 6 rings (SSSR count). The van der Waals surface area contributed by atoms with Gasteiger partial charge in [-0.05, 0) is 45.5 Å². The Morgan fingerprint density at radius 3 is 2.44 bits per heavy atom. The molecule has 1 aliphatic rings. The number of hydrogen-bond donors (Lipinski definition) is 0. The van der Waals surface area contributed by atoms with Gasteiger partial charge in [0.05, 0.1) is 0 Å². The third-order valence-corrected chi connectivity index (χ3v) is 6.44. The Kier molecular flexibility index (Phi) is 3.58. The zero-order valence-electron chi connectivity index (χ0n) is 17.5. The van der Waals surface area contributed by atoms with Crippen molar-refractivity contribution in [2.45, 2.75) is 19.3 Å². The molecule has 3 aromatic carbocycles. The number of aromatic nitrogens is 2. The highest BCUT2D eigenvalue weighted by Crippen LogP contribution is 2.52. The Hall–Kier alpha value is -4.48. The highest BCUT2D eigenvalue weighted by Gasteiger charge is 2.36. The Bertz CT molecular complexity index is 1680. The Morgan fingerprint density at radius 2 is 1.62 bits per heavy atom. The molecule has 0 N–H and O–H groups in total. The van der Waals surface area contributed by atoms with Crippen molar-refractivity contribution < 1.29 is 4.42 Å². The molecule has 0 unspecified atom stereocenters. The van der Waals surface area contributed by atoms with Gasteiger partial charge in [0.2, 0.25) is 5.82 Å². The van der Waals surface area contributed by atoms with Gasteiger partial charge in [0.25, 0.3) is 0 Å². The molecule has 0 saturated carbocycles. The van der Waals surface area contributed by atoms with Crippen LogP contribution in [0.4, 0.5) is 0 Å². The van der Waals surface area contributed by atoms with Crippen LogP contribution in [0.15, 0.2) is 65.1 Å². The minimum atomic E-state index is -0.0784. The molecule has 150 valence electrons. The fraction of sp³-hybridized carbons (Fsp3) is 0.111. The van der Waals surface area contributed by atoms with Crippen molar-refractivity contribution >= 4 is 22.1 Å². The SMILES string of the molecule is CC1(C)c2ccccc2-c2c(-c3ccc4oc5c(C#N)nc(C#N)nc5c4c3)cccc21. The minimum absolute atomic E-state index is 0.0431. The van der Waals surface area contributed by atoms with E-state index in [9.17, 15) is 10.5 Å². The summed E-state index contributed by atoms with van der Waals surface area (Å²) in [6.45, 7) is 4.52. The van der Waals surface area contributed by atoms with Gasteiger partial charge in [-0.2, -0.15) is 10.5 Å². The first kappa shape index (κ1) is 18.3. The van der Waals surface area contributed by atoms with Gasteiger partial charge in [-0.15, -0.1) is 0 Å². The van der Waals surface area contributed by atoms with E-state index in [4.69, 9.17) is 4.42 Å². The maximum atomic E-state index is 9.45. The van der Waals surface area contributed by atoms with E-state index in [0.717, 1.165) is 16.5 Å². The molecule has 0 saturated heterocycles. The molecule has 0 amide bonds. The molecular weight excluding hydrogens is 396 g/mol. The van der Waals surface area contributed by atoms with Gasteiger partial charge in [0.1, 0.15) is 23.2 Å². The zero-order valence-corrected chi connectivity index (χ0v) is 17.5. The average molecular weight is 412 g/mol. The van der Waals surface area contributed by atoms with E-state index in [1.54, 1.807) is 0 Å². The van der Waals surface area contributed by atoms with Crippen LogP contribution >= 0.6 is 0 Å². The molecule has 0 aliphatic heterocycles. The Labute approximate surface area is 184 Å². The van der Waals surface area contributed by atoms with E-state index in [0.29, 0.717) is 16.7 Å². The standard InChI is InChI=1S/C27H16N4O/c1-27(2)19-8-4-3-6-17(19)24-16(7-5-9-20(24)27)15-10-11-22-18(12-15)25-26(32-22)21(13-28)30-23(14-29)31-25/h3-12H,1-2H3. The first-order valence-electron chi connectivity index (χ1n) is 10.3. The Morgan fingerprint density at radius 1 is 0.844 bits per heavy atom. The van der Waals surface area contributed by atoms with E-state index in [2.05, 4.69) is 66.3 Å². The third kappa shape index (κ3) is 2.31. The highest BCUT2D eigenvalue weighted by molar-refractivity contribution is 6.06. The second kappa shape index (κ2) is 6.26. The van der Waals surface area contributed by atoms with Gasteiger partial charge in [0, 0.05) is 10.8 Å². The lowest BCUT2D eigenvalue weighted by molar-refractivity contribution is 0.660. The van der Waals surface area contributed by atoms with E-state index >= 15 is 0 Å². The van der Waals surface area contributed by atoms with Gasteiger partial charge >= 0.3 is 0 Å². The van der Waals surface area contributed by atoms with Crippen molar-refractivity contribution in [1.82, 2.24) is 9.97 Å². The smallest absolute Gasteiger partial charge is 0.234 e. The number of nitrogens with zero attached hydrogens (tertiary/aromatic N) is 4. The van der Waals surface area contributed by atoms with E-state index in [1.165, 1.54) is 22.3 Å². The lowest BCUT2D eigenvalue weighted by Crippen LogP contribution is -2.14. The summed E-state index contributed by atoms with van der Waals surface area (Å²) in [5, 5.41) is 19.5. The van der Waals surface area contributed by atoms with E-state index in [1.807, 2.05) is 30.3 Å². The molecule has 5 heteroatoms. The third-order valence-electron chi connectivity index (χ3n) is 6.44. The summed E-state index contributed by atoms with van der Waals surface area (Å²) in [5.41, 5.74) is 8.67. The maximum Gasteiger partial charge on any atom is 0.234 e. The number of nitriles is 2. The molecule has 32 heavy (non-hydrogen) atoms. The van der Waals surface area contributed by atoms with Gasteiger partial charge in [-0.3, -0.25) is 0 Å². The maximum absolute atomic E-state index is 9.45. The van der Waals surface area contributed by atoms with Gasteiger partial charge in [-0.1, -0.05) is 62.4 Å². The van der Waals surface area contributed by atoms with Crippen LogP contribution in [-0.4, -0.2) is 9.97 Å². The number of fused-ring (bicyclic) bond motifs is 6. The summed E-state index contributed by atoms with van der Waals surface area (Å²) in [4.78, 5) is 8.31. The number of benzene rings is 3. The van der Waals surface area contributed by atoms with Crippen LogP contribution in [-0.2, 0) is 5.41 Å². The molecule has 2 heterocycles. The predicted molar refractivity (Wildman–Crippen MR) is 122 cm³/mol. The quantitative estimate of drug-likeness (QED) is 0.332. The lowest BCUT2D eigenvalue weighted by atomic mass is 9.82. The van der Waals surface area contributed by atoms with Crippen molar-refractivity contribution in [3.63, 3.8) is 0 Å². The normalized spacial score (nSPS) is 13.5. The highest BCUT2D eigenvalue weighted by atomic mass is 16.3. The molecular formula is C27H16N4O. The van der Waals surface area contributed by atoms with Crippen LogP contribution in [0.1, 0.15) is 36.5 Å². The van der Waals surface area contributed by atoms with Crippen molar-refractivity contribution in [1.29, 1.82) is 10.5 Å². The van der Waals surface area contributed by atoms with Crippen LogP contribution in [0.3, 0.4) is 0 Å². The van der Waals surface area contributed by atoms with Crippen molar-refractivity contribution in [3.8, 4) is 34.4 Å². The summed E-state index contributed by atoms with van der Waals surface area (Å²) in [5.74, 6) is -0.0431. The van der Waals surface area contributed by atoms with E-state index < -0.39 is 0 Å². The molecule has 2 aromatic heterocycles. The van der Waals surface area contributed by atoms with E-state index in [-0.39, 0.29) is 16.9 Å². The minimum Gasteiger partial charge on any atom is -0.451 e. The van der Waals surface area contributed by atoms with Crippen molar-refractivity contribution in [2.24, 2.45) is 0 Å². The molecule has 5 aromatic rings. The zero-order chi connectivity index (χ0) is 22.0. The van der Waals surface area contributed by atoms with Gasteiger partial charge in [-0.25, -0.2) is 9.97 Å². The lowest BCUT2D eigenvalue weighted by Gasteiger charge is -2.21. The summed E-state index contributed by atoms with van der Waals surface area (Å²) >= 11 is 0. The first-order chi connectivity index (χ1) is 15.5. The van der Waals surface area contributed by atoms with Crippen molar-refractivity contribution in [2.75, 3.05) is 0 Å². The summed E-state index contributed by atoms with van der Waals surface area (Å²) in [7, 11) is 0. The summed E-state index contributed by atoms with van der Waals surface area (Å²) in [6, 6.07) is 24.9. The molecule has 0 spiro atoms.